The van der Waals surface area contributed by atoms with Gasteiger partial charge in [0.25, 0.3) is 5.56 Å². The van der Waals surface area contributed by atoms with Crippen LogP contribution in [0.3, 0.4) is 0 Å². The lowest BCUT2D eigenvalue weighted by molar-refractivity contribution is 0.475. The monoisotopic (exact) mass is 300 g/mol. The smallest absolute Gasteiger partial charge is 0.259 e. The van der Waals surface area contributed by atoms with Gasteiger partial charge in [0, 0.05) is 11.3 Å². The predicted octanol–water partition coefficient (Wildman–Crippen LogP) is 3.15. The zero-order valence-electron chi connectivity index (χ0n) is 11.9. The Morgan fingerprint density at radius 1 is 1.29 bits per heavy atom. The second-order valence-electron chi connectivity index (χ2n) is 5.03. The molecule has 5 heteroatoms. The fourth-order valence-corrected chi connectivity index (χ4v) is 3.67. The zero-order chi connectivity index (χ0) is 15.0. The molecule has 108 valence electrons. The van der Waals surface area contributed by atoms with E-state index in [1.807, 2.05) is 19.1 Å². The topological polar surface area (TPSA) is 66.0 Å². The number of hydrogen-bond donors (Lipinski definition) is 2. The molecule has 0 bridgehead atoms. The summed E-state index contributed by atoms with van der Waals surface area (Å²) in [5, 5.41) is 10.0. The number of aromatic amines is 1. The lowest BCUT2D eigenvalue weighted by Crippen LogP contribution is -2.12. The normalized spacial score (nSPS) is 11.1. The van der Waals surface area contributed by atoms with Crippen LogP contribution in [-0.2, 0) is 12.8 Å². The fraction of sp³-hybridized carbons (Fsp3) is 0.250. The van der Waals surface area contributed by atoms with Gasteiger partial charge in [-0.25, -0.2) is 4.98 Å². The highest BCUT2D eigenvalue weighted by atomic mass is 32.1. The summed E-state index contributed by atoms with van der Waals surface area (Å²) in [6.07, 6.45) is 1.39. The third kappa shape index (κ3) is 2.56. The molecule has 0 unspecified atom stereocenters. The number of H-pyrrole nitrogens is 1. The van der Waals surface area contributed by atoms with Gasteiger partial charge in [-0.15, -0.1) is 11.3 Å². The van der Waals surface area contributed by atoms with E-state index in [0.717, 1.165) is 32.6 Å². The quantitative estimate of drug-likeness (QED) is 0.781. The molecule has 0 aliphatic carbocycles. The molecule has 0 saturated heterocycles. The minimum absolute atomic E-state index is 0.0602. The van der Waals surface area contributed by atoms with E-state index in [1.54, 1.807) is 23.5 Å². The number of rotatable bonds is 3. The van der Waals surface area contributed by atoms with E-state index in [0.29, 0.717) is 12.2 Å². The van der Waals surface area contributed by atoms with E-state index in [2.05, 4.69) is 16.9 Å². The Labute approximate surface area is 126 Å². The highest BCUT2D eigenvalue weighted by molar-refractivity contribution is 7.18. The Morgan fingerprint density at radius 2 is 2.00 bits per heavy atom. The van der Waals surface area contributed by atoms with Crippen molar-refractivity contribution >= 4 is 21.6 Å². The standard InChI is InChI=1S/C16H16N2O2S/c1-3-12-9(2)21-16-14(12)15(20)17-13(18-16)8-10-4-6-11(19)7-5-10/h4-7,19H,3,8H2,1-2H3,(H,17,18,20). The second-order valence-corrected chi connectivity index (χ2v) is 6.23. The number of aromatic hydroxyl groups is 1. The number of phenolic OH excluding ortho intramolecular Hbond substituents is 1. The van der Waals surface area contributed by atoms with Gasteiger partial charge in [-0.05, 0) is 36.6 Å². The predicted molar refractivity (Wildman–Crippen MR) is 85.3 cm³/mol. The molecule has 3 aromatic rings. The molecule has 0 aliphatic heterocycles. The van der Waals surface area contributed by atoms with E-state index in [4.69, 9.17) is 0 Å². The molecule has 0 radical (unpaired) electrons. The van der Waals surface area contributed by atoms with Gasteiger partial charge in [-0.2, -0.15) is 0 Å². The maximum absolute atomic E-state index is 12.3. The van der Waals surface area contributed by atoms with Crippen LogP contribution in [0.15, 0.2) is 29.1 Å². The lowest BCUT2D eigenvalue weighted by Gasteiger charge is -2.02. The average molecular weight is 300 g/mol. The first-order chi connectivity index (χ1) is 10.1. The van der Waals surface area contributed by atoms with Crippen LogP contribution in [0.2, 0.25) is 0 Å². The number of hydrogen-bond acceptors (Lipinski definition) is 4. The van der Waals surface area contributed by atoms with E-state index < -0.39 is 0 Å². The average Bonchev–Trinajstić information content (AvgIpc) is 2.77. The minimum atomic E-state index is -0.0602. The van der Waals surface area contributed by atoms with Gasteiger partial charge < -0.3 is 10.1 Å². The van der Waals surface area contributed by atoms with Crippen molar-refractivity contribution in [3.05, 3.63) is 56.4 Å². The molecule has 2 aromatic heterocycles. The first kappa shape index (κ1) is 13.8. The van der Waals surface area contributed by atoms with E-state index >= 15 is 0 Å². The van der Waals surface area contributed by atoms with Gasteiger partial charge >= 0.3 is 0 Å². The van der Waals surface area contributed by atoms with Crippen LogP contribution in [0.4, 0.5) is 0 Å². The van der Waals surface area contributed by atoms with E-state index in [9.17, 15) is 9.90 Å². The van der Waals surface area contributed by atoms with E-state index in [1.165, 1.54) is 0 Å². The lowest BCUT2D eigenvalue weighted by atomic mass is 10.1. The van der Waals surface area contributed by atoms with Gasteiger partial charge in [0.15, 0.2) is 0 Å². The Morgan fingerprint density at radius 3 is 2.67 bits per heavy atom. The van der Waals surface area contributed by atoms with Crippen LogP contribution in [0.1, 0.15) is 28.8 Å². The van der Waals surface area contributed by atoms with Crippen LogP contribution in [0.25, 0.3) is 10.2 Å². The number of thiophene rings is 1. The van der Waals surface area contributed by atoms with Crippen LogP contribution in [-0.4, -0.2) is 15.1 Å². The largest absolute Gasteiger partial charge is 0.508 e. The van der Waals surface area contributed by atoms with Gasteiger partial charge in [0.05, 0.1) is 5.39 Å². The summed E-state index contributed by atoms with van der Waals surface area (Å²) >= 11 is 1.57. The maximum atomic E-state index is 12.3. The second kappa shape index (κ2) is 5.33. The van der Waals surface area contributed by atoms with Crippen molar-refractivity contribution < 1.29 is 5.11 Å². The molecule has 0 atom stereocenters. The molecule has 0 saturated carbocycles. The van der Waals surface area contributed by atoms with Crippen LogP contribution >= 0.6 is 11.3 Å². The molecule has 0 aliphatic rings. The molecule has 2 N–H and O–H groups in total. The third-order valence-electron chi connectivity index (χ3n) is 3.57. The summed E-state index contributed by atoms with van der Waals surface area (Å²) in [7, 11) is 0. The van der Waals surface area contributed by atoms with Gasteiger partial charge in [-0.1, -0.05) is 19.1 Å². The number of nitrogens with zero attached hydrogens (tertiary/aromatic N) is 1. The number of aryl methyl sites for hydroxylation is 2. The Bertz CT molecular complexity index is 847. The van der Waals surface area contributed by atoms with Crippen molar-refractivity contribution in [3.63, 3.8) is 0 Å². The summed E-state index contributed by atoms with van der Waals surface area (Å²) < 4.78 is 0. The first-order valence-electron chi connectivity index (χ1n) is 6.87. The number of phenols is 1. The summed E-state index contributed by atoms with van der Waals surface area (Å²) in [6.45, 7) is 4.09. The number of benzene rings is 1. The van der Waals surface area contributed by atoms with Gasteiger partial charge in [-0.3, -0.25) is 4.79 Å². The molecule has 0 amide bonds. The molecule has 1 aromatic carbocycles. The Kier molecular flexibility index (Phi) is 3.51. The molecular weight excluding hydrogens is 284 g/mol. The molecule has 0 fully saturated rings. The van der Waals surface area contributed by atoms with Crippen molar-refractivity contribution in [2.24, 2.45) is 0 Å². The number of nitrogens with one attached hydrogen (secondary N) is 1. The molecule has 3 rings (SSSR count). The van der Waals surface area contributed by atoms with Crippen molar-refractivity contribution in [2.75, 3.05) is 0 Å². The number of fused-ring (bicyclic) bond motifs is 1. The van der Waals surface area contributed by atoms with Gasteiger partial charge in [0.1, 0.15) is 16.4 Å². The Balaban J connectivity index is 2.05. The highest BCUT2D eigenvalue weighted by Crippen LogP contribution is 2.27. The fourth-order valence-electron chi connectivity index (χ4n) is 2.54. The zero-order valence-corrected chi connectivity index (χ0v) is 12.8. The minimum Gasteiger partial charge on any atom is -0.508 e. The van der Waals surface area contributed by atoms with E-state index in [-0.39, 0.29) is 11.3 Å². The number of aromatic nitrogens is 2. The summed E-state index contributed by atoms with van der Waals surface area (Å²) in [5.41, 5.74) is 2.04. The Hall–Kier alpha value is -2.14. The summed E-state index contributed by atoms with van der Waals surface area (Å²) in [6, 6.07) is 6.93. The summed E-state index contributed by atoms with van der Waals surface area (Å²) in [5.74, 6) is 0.888. The maximum Gasteiger partial charge on any atom is 0.259 e. The van der Waals surface area contributed by atoms with Crippen molar-refractivity contribution in [3.8, 4) is 5.75 Å². The van der Waals surface area contributed by atoms with Crippen molar-refractivity contribution in [1.82, 2.24) is 9.97 Å². The molecule has 2 heterocycles. The van der Waals surface area contributed by atoms with Crippen LogP contribution < -0.4 is 5.56 Å². The first-order valence-corrected chi connectivity index (χ1v) is 7.69. The van der Waals surface area contributed by atoms with Crippen molar-refractivity contribution in [1.29, 1.82) is 0 Å². The molecule has 21 heavy (non-hydrogen) atoms. The molecular formula is C16H16N2O2S. The SMILES string of the molecule is CCc1c(C)sc2nc(Cc3ccc(O)cc3)[nH]c(=O)c12. The van der Waals surface area contributed by atoms with Crippen LogP contribution in [0.5, 0.6) is 5.75 Å². The molecule has 0 spiro atoms. The van der Waals surface area contributed by atoms with Crippen LogP contribution in [0, 0.1) is 6.92 Å². The molecule has 4 nitrogen and oxygen atoms in total. The van der Waals surface area contributed by atoms with Gasteiger partial charge in [0.2, 0.25) is 0 Å². The van der Waals surface area contributed by atoms with Crippen molar-refractivity contribution in [2.45, 2.75) is 26.7 Å². The third-order valence-corrected chi connectivity index (χ3v) is 4.61. The highest BCUT2D eigenvalue weighted by Gasteiger charge is 2.13. The summed E-state index contributed by atoms with van der Waals surface area (Å²) in [4.78, 5) is 21.7.